The Kier molecular flexibility index (Phi) is 0.142. The molecule has 76 valence electrons. The van der Waals surface area contributed by atoms with Gasteiger partial charge < -0.3 is 0 Å². The monoisotopic (exact) mass is 364 g/mol. The van der Waals surface area contributed by atoms with Gasteiger partial charge in [-0.2, -0.15) is 0 Å². The van der Waals surface area contributed by atoms with Crippen molar-refractivity contribution in [1.29, 1.82) is 0 Å². The van der Waals surface area contributed by atoms with E-state index >= 15 is 0 Å². The van der Waals surface area contributed by atoms with Crippen molar-refractivity contribution in [2.24, 2.45) is 0 Å². The topological polar surface area (TPSA) is 0 Å². The van der Waals surface area contributed by atoms with E-state index in [1.54, 1.807) is 0 Å². The second-order valence-electron chi connectivity index (χ2n) is 13.9. The Hall–Kier alpha value is 0.610. The summed E-state index contributed by atoms with van der Waals surface area (Å²) in [5, 5.41) is 0. The molecule has 15 heavy (non-hydrogen) atoms. The van der Waals surface area contributed by atoms with Crippen LogP contribution in [0, 0.1) is 0 Å². The molecule has 10 aliphatic heterocycles. The molecule has 0 aliphatic carbocycles. The summed E-state index contributed by atoms with van der Waals surface area (Å²) < 4.78 is 14.4. The van der Waals surface area contributed by atoms with E-state index < -0.39 is 11.2 Å². The fourth-order valence-corrected chi connectivity index (χ4v) is 423. The van der Waals surface area contributed by atoms with Gasteiger partial charge in [0, 0.05) is 0 Å². The first-order valence-electron chi connectivity index (χ1n) is 7.64. The Labute approximate surface area is 72.5 Å². The number of hydrogen-bond donors (Lipinski definition) is 0. The maximum atomic E-state index is 4.13. The maximum absolute atomic E-state index is 4.13. The number of allylic oxidation sites excluding steroid dienone is 1. The third-order valence-corrected chi connectivity index (χ3v) is 168. The number of fused-ring (bicyclic) bond motifs is 10. The zero-order valence-corrected chi connectivity index (χ0v) is 12.7. The van der Waals surface area contributed by atoms with Crippen LogP contribution in [0.5, 0.6) is 0 Å². The third-order valence-electron chi connectivity index (χ3n) is 22.4. The van der Waals surface area contributed by atoms with Crippen LogP contribution in [0.1, 0.15) is 13.3 Å². The van der Waals surface area contributed by atoms with Gasteiger partial charge >= 0.3 is 72.9 Å². The van der Waals surface area contributed by atoms with Crippen LogP contribution < -0.4 is 0 Å². The Balaban J connectivity index is 1.86. The van der Waals surface area contributed by atoms with Gasteiger partial charge in [-0.3, -0.25) is 0 Å². The molecule has 0 bridgehead atoms. The molecule has 0 radical (unpaired) electrons. The van der Waals surface area contributed by atoms with Crippen molar-refractivity contribution < 1.29 is 11.2 Å². The predicted molar refractivity (Wildman–Crippen MR) is 55.9 cm³/mol. The molecule has 0 aromatic rings. The summed E-state index contributed by atoms with van der Waals surface area (Å²) in [6.07, 6.45) is 3.86. The van der Waals surface area contributed by atoms with Crippen LogP contribution in [-0.2, 0) is 11.2 Å². The molecule has 10 heterocycles. The molecule has 0 aromatic carbocycles. The molecule has 5 unspecified atom stereocenters. The molecule has 0 N–H and O–H groups in total. The van der Waals surface area contributed by atoms with E-state index in [4.69, 9.17) is 0 Å². The summed E-state index contributed by atoms with van der Waals surface area (Å²) >= 11 is -3.37. The van der Waals surface area contributed by atoms with E-state index in [2.05, 4.69) is 19.6 Å². The van der Waals surface area contributed by atoms with Crippen LogP contribution in [0.15, 0.2) is 12.7 Å². The van der Waals surface area contributed by atoms with E-state index in [0.29, 0.717) is 0 Å². The molecule has 5 atom stereocenters. The molecule has 0 aromatic heterocycles. The SMILES string of the molecule is C=CC[C]12[CH]3[CH]4[CH]5[C]1(C)[Hf]45321678[CH]2[CH]1[CH]6[CH]7[CH]28. The minimum absolute atomic E-state index is 1.10. The van der Waals surface area contributed by atoms with Crippen LogP contribution >= 0.6 is 0 Å². The fraction of sp³-hybridized carbons (Fsp3) is 0.857. The van der Waals surface area contributed by atoms with Crippen LogP contribution in [0.4, 0.5) is 0 Å². The van der Waals surface area contributed by atoms with E-state index in [1.165, 1.54) is 35.8 Å². The first kappa shape index (κ1) is 5.50. The Bertz CT molecular complexity index is 927. The van der Waals surface area contributed by atoms with Crippen LogP contribution in [-0.4, -0.2) is 0 Å². The van der Waals surface area contributed by atoms with Crippen molar-refractivity contribution in [2.75, 3.05) is 0 Å². The Morgan fingerprint density at radius 1 is 1.07 bits per heavy atom. The normalized spacial score (nSPS) is 138. The zero-order chi connectivity index (χ0) is 9.35. The molecule has 10 fully saturated rings. The van der Waals surface area contributed by atoms with Crippen molar-refractivity contribution in [1.82, 2.24) is 0 Å². The second-order valence-corrected chi connectivity index (χ2v) is 90.7. The van der Waals surface area contributed by atoms with E-state index in [9.17, 15) is 0 Å². The first-order valence-corrected chi connectivity index (χ1v) is 27.8. The molecule has 0 nitrogen and oxygen atoms in total. The van der Waals surface area contributed by atoms with Gasteiger partial charge in [-0.15, -0.1) is 0 Å². The van der Waals surface area contributed by atoms with Crippen molar-refractivity contribution in [3.8, 4) is 0 Å². The van der Waals surface area contributed by atoms with Crippen molar-refractivity contribution in [3.05, 3.63) is 12.7 Å². The first-order chi connectivity index (χ1) is 7.00. The average molecular weight is 363 g/mol. The fourth-order valence-electron chi connectivity index (χ4n) is 27.3. The summed E-state index contributed by atoms with van der Waals surface area (Å²) in [6.45, 7) is 6.98. The van der Waals surface area contributed by atoms with Crippen LogP contribution in [0.2, 0.25) is 35.7 Å². The van der Waals surface area contributed by atoms with Gasteiger partial charge in [0.1, 0.15) is 0 Å². The van der Waals surface area contributed by atoms with Gasteiger partial charge in [-0.1, -0.05) is 0 Å². The molecule has 10 aliphatic rings. The number of rotatable bonds is 2. The summed E-state index contributed by atoms with van der Waals surface area (Å²) in [6, 6.07) is 0. The second kappa shape index (κ2) is 0.387. The quantitative estimate of drug-likeness (QED) is 0.493. The van der Waals surface area contributed by atoms with Gasteiger partial charge in [0.05, 0.1) is 0 Å². The van der Waals surface area contributed by atoms with Gasteiger partial charge in [-0.05, 0) is 0 Å². The zero-order valence-electron chi connectivity index (χ0n) is 9.11. The van der Waals surface area contributed by atoms with Crippen LogP contribution in [0.25, 0.3) is 0 Å². The third kappa shape index (κ3) is 0.0433. The van der Waals surface area contributed by atoms with Crippen LogP contribution in [0.3, 0.4) is 0 Å². The van der Waals surface area contributed by atoms with E-state index in [0.717, 1.165) is 6.34 Å². The molecule has 0 amide bonds. The standard InChI is InChI=1S/C9H11.C5H5.Hf/c1-3-5-9-7-4-6-8(9)2;1-2-4-5-3-1;/h3-4,6-7H,1,5H2,2H3;1-5H;. The molecule has 10 rings (SSSR count). The molecule has 10 saturated heterocycles. The molecule has 1 spiro atoms. The van der Waals surface area contributed by atoms with Crippen molar-refractivity contribution in [2.45, 2.75) is 49.1 Å². The molecular weight excluding hydrogens is 347 g/mol. The van der Waals surface area contributed by atoms with Gasteiger partial charge in [0.25, 0.3) is 0 Å². The van der Waals surface area contributed by atoms with Crippen molar-refractivity contribution in [3.63, 3.8) is 0 Å². The Morgan fingerprint density at radius 3 is 1.87 bits per heavy atom. The summed E-state index contributed by atoms with van der Waals surface area (Å²) in [7, 11) is 0. The summed E-state index contributed by atoms with van der Waals surface area (Å²) in [5.41, 5.74) is 0. The van der Waals surface area contributed by atoms with Gasteiger partial charge in [0.15, 0.2) is 0 Å². The molecular formula is C14H16Hf. The van der Waals surface area contributed by atoms with E-state index in [1.807, 2.05) is 0 Å². The van der Waals surface area contributed by atoms with Crippen molar-refractivity contribution >= 4 is 0 Å². The summed E-state index contributed by atoms with van der Waals surface area (Å²) in [5.74, 6) is 0. The van der Waals surface area contributed by atoms with Gasteiger partial charge in [-0.25, -0.2) is 0 Å². The van der Waals surface area contributed by atoms with Gasteiger partial charge in [0.2, 0.25) is 0 Å². The summed E-state index contributed by atoms with van der Waals surface area (Å²) in [4.78, 5) is 0. The molecule has 1 heteroatoms. The Morgan fingerprint density at radius 2 is 1.67 bits per heavy atom. The minimum atomic E-state index is -3.37. The average Bonchev–Trinajstić information content (AvgIpc) is 3.14. The number of hydrogen-bond acceptors (Lipinski definition) is 0. The van der Waals surface area contributed by atoms with E-state index in [-0.39, 0.29) is 0 Å². The molecule has 0 saturated carbocycles. The predicted octanol–water partition coefficient (Wildman–Crippen LogP) is 4.71.